The Morgan fingerprint density at radius 2 is 1.81 bits per heavy atom. The third kappa shape index (κ3) is 3.10. The van der Waals surface area contributed by atoms with Gasteiger partial charge in [-0.15, -0.1) is 0 Å². The van der Waals surface area contributed by atoms with Crippen LogP contribution in [0.4, 0.5) is 8.78 Å². The Morgan fingerprint density at radius 3 is 2.63 bits per heavy atom. The van der Waals surface area contributed by atoms with Crippen molar-refractivity contribution in [3.63, 3.8) is 0 Å². The molecule has 2 aromatic carbocycles. The van der Waals surface area contributed by atoms with Crippen molar-refractivity contribution in [2.75, 3.05) is 0 Å². The van der Waals surface area contributed by atoms with E-state index in [2.05, 4.69) is 29.1 Å². The maximum absolute atomic E-state index is 14.0. The minimum absolute atomic E-state index is 0.0774. The van der Waals surface area contributed by atoms with Gasteiger partial charge in [0.25, 0.3) is 0 Å². The van der Waals surface area contributed by atoms with Crippen molar-refractivity contribution in [1.82, 2.24) is 14.8 Å². The molecule has 0 bridgehead atoms. The second kappa shape index (κ2) is 6.91. The monoisotopic (exact) mass is 363 g/mol. The fraction of sp³-hybridized carbons (Fsp3) is 0.182. The molecule has 2 heterocycles. The average Bonchev–Trinajstić information content (AvgIpc) is 3.15. The number of aromatic nitrogens is 3. The highest BCUT2D eigenvalue weighted by molar-refractivity contribution is 5.80. The molecule has 4 aromatic rings. The molecule has 2 aromatic heterocycles. The van der Waals surface area contributed by atoms with Crippen molar-refractivity contribution in [1.29, 1.82) is 0 Å². The van der Waals surface area contributed by atoms with E-state index in [1.165, 1.54) is 0 Å². The third-order valence-corrected chi connectivity index (χ3v) is 4.86. The van der Waals surface area contributed by atoms with Gasteiger partial charge in [0.2, 0.25) is 0 Å². The van der Waals surface area contributed by atoms with E-state index in [0.29, 0.717) is 17.5 Å². The average molecular weight is 363 g/mol. The normalized spacial score (nSPS) is 11.3. The van der Waals surface area contributed by atoms with Crippen LogP contribution in [0.25, 0.3) is 22.2 Å². The van der Waals surface area contributed by atoms with Crippen LogP contribution in [0.15, 0.2) is 54.7 Å². The first-order valence-corrected chi connectivity index (χ1v) is 8.92. The number of aryl methyl sites for hydroxylation is 2. The summed E-state index contributed by atoms with van der Waals surface area (Å²) in [6.45, 7) is 4.68. The molecule has 136 valence electrons. The molecule has 4 rings (SSSR count). The molecule has 0 amide bonds. The van der Waals surface area contributed by atoms with Crippen LogP contribution >= 0.6 is 0 Å². The SMILES string of the molecule is CCn1nccc1-c1ccccc1Cc1cc2ccc(F)c(F)c2nc1C. The summed E-state index contributed by atoms with van der Waals surface area (Å²) >= 11 is 0. The van der Waals surface area contributed by atoms with Gasteiger partial charge < -0.3 is 0 Å². The standard InChI is InChI=1S/C22H19F2N3/c1-3-27-20(10-11-25-27)18-7-5-4-6-15(18)12-17-13-16-8-9-19(23)21(24)22(16)26-14(17)2/h4-11,13H,3,12H2,1-2H3. The van der Waals surface area contributed by atoms with Crippen molar-refractivity contribution in [2.45, 2.75) is 26.8 Å². The largest absolute Gasteiger partial charge is 0.265 e. The Labute approximate surface area is 156 Å². The predicted octanol–water partition coefficient (Wildman–Crippen LogP) is 5.30. The van der Waals surface area contributed by atoms with Crippen molar-refractivity contribution in [3.05, 3.63) is 83.2 Å². The summed E-state index contributed by atoms with van der Waals surface area (Å²) in [4.78, 5) is 4.33. The fourth-order valence-electron chi connectivity index (χ4n) is 3.44. The summed E-state index contributed by atoms with van der Waals surface area (Å²) in [6.07, 6.45) is 2.45. The Kier molecular flexibility index (Phi) is 4.44. The Balaban J connectivity index is 1.80. The number of hydrogen-bond acceptors (Lipinski definition) is 2. The Morgan fingerprint density at radius 1 is 1.00 bits per heavy atom. The minimum Gasteiger partial charge on any atom is -0.265 e. The van der Waals surface area contributed by atoms with E-state index >= 15 is 0 Å². The minimum atomic E-state index is -0.894. The van der Waals surface area contributed by atoms with Crippen LogP contribution in [0.3, 0.4) is 0 Å². The van der Waals surface area contributed by atoms with E-state index in [1.807, 2.05) is 35.9 Å². The highest BCUT2D eigenvalue weighted by atomic mass is 19.2. The molecule has 0 aliphatic rings. The van der Waals surface area contributed by atoms with Crippen molar-refractivity contribution in [2.24, 2.45) is 0 Å². The maximum atomic E-state index is 14.0. The molecule has 0 unspecified atom stereocenters. The summed E-state index contributed by atoms with van der Waals surface area (Å²) < 4.78 is 29.5. The summed E-state index contributed by atoms with van der Waals surface area (Å²) in [5.74, 6) is -1.77. The lowest BCUT2D eigenvalue weighted by Gasteiger charge is -2.13. The zero-order valence-corrected chi connectivity index (χ0v) is 15.2. The first-order valence-electron chi connectivity index (χ1n) is 8.92. The number of pyridine rings is 1. The molecule has 27 heavy (non-hydrogen) atoms. The van der Waals surface area contributed by atoms with Gasteiger partial charge in [-0.2, -0.15) is 5.10 Å². The highest BCUT2D eigenvalue weighted by Gasteiger charge is 2.14. The zero-order valence-electron chi connectivity index (χ0n) is 15.2. The number of halogens is 2. The molecule has 0 atom stereocenters. The maximum Gasteiger partial charge on any atom is 0.184 e. The van der Waals surface area contributed by atoms with Crippen molar-refractivity contribution >= 4 is 10.9 Å². The van der Waals surface area contributed by atoms with Gasteiger partial charge >= 0.3 is 0 Å². The number of hydrogen-bond donors (Lipinski definition) is 0. The lowest BCUT2D eigenvalue weighted by Crippen LogP contribution is -2.02. The molecule has 0 saturated carbocycles. The molecule has 0 N–H and O–H groups in total. The van der Waals surface area contributed by atoms with Crippen LogP contribution < -0.4 is 0 Å². The van der Waals surface area contributed by atoms with Gasteiger partial charge in [-0.05, 0) is 55.7 Å². The summed E-state index contributed by atoms with van der Waals surface area (Å²) in [6, 6.07) is 14.8. The molecule has 0 aliphatic carbocycles. The third-order valence-electron chi connectivity index (χ3n) is 4.86. The van der Waals surface area contributed by atoms with Gasteiger partial charge in [-0.25, -0.2) is 13.8 Å². The van der Waals surface area contributed by atoms with Crippen LogP contribution in [0.5, 0.6) is 0 Å². The van der Waals surface area contributed by atoms with E-state index in [0.717, 1.165) is 35.0 Å². The summed E-state index contributed by atoms with van der Waals surface area (Å²) in [7, 11) is 0. The molecule has 5 heteroatoms. The lowest BCUT2D eigenvalue weighted by molar-refractivity contribution is 0.515. The van der Waals surface area contributed by atoms with Gasteiger partial charge in [0.1, 0.15) is 5.52 Å². The first-order chi connectivity index (χ1) is 13.1. The number of rotatable bonds is 4. The van der Waals surface area contributed by atoms with Gasteiger partial charge in [0.15, 0.2) is 11.6 Å². The van der Waals surface area contributed by atoms with E-state index < -0.39 is 11.6 Å². The van der Waals surface area contributed by atoms with E-state index in [1.54, 1.807) is 12.3 Å². The Hall–Kier alpha value is -3.08. The van der Waals surface area contributed by atoms with Crippen LogP contribution in [0, 0.1) is 18.6 Å². The lowest BCUT2D eigenvalue weighted by atomic mass is 9.96. The van der Waals surface area contributed by atoms with E-state index in [-0.39, 0.29) is 5.52 Å². The van der Waals surface area contributed by atoms with Gasteiger partial charge in [0, 0.05) is 29.4 Å². The molecular formula is C22H19F2N3. The van der Waals surface area contributed by atoms with Crippen LogP contribution in [0.1, 0.15) is 23.7 Å². The summed E-state index contributed by atoms with van der Waals surface area (Å²) in [5, 5.41) is 4.97. The predicted molar refractivity (Wildman–Crippen MR) is 103 cm³/mol. The molecule has 0 spiro atoms. The highest BCUT2D eigenvalue weighted by Crippen LogP contribution is 2.28. The zero-order chi connectivity index (χ0) is 19.0. The molecule has 0 radical (unpaired) electrons. The van der Waals surface area contributed by atoms with Gasteiger partial charge in [-0.3, -0.25) is 4.68 Å². The smallest absolute Gasteiger partial charge is 0.184 e. The molecular weight excluding hydrogens is 344 g/mol. The van der Waals surface area contributed by atoms with Crippen LogP contribution in [-0.4, -0.2) is 14.8 Å². The first kappa shape index (κ1) is 17.3. The van der Waals surface area contributed by atoms with Gasteiger partial charge in [0.05, 0.1) is 5.69 Å². The molecule has 3 nitrogen and oxygen atoms in total. The second-order valence-electron chi connectivity index (χ2n) is 6.53. The van der Waals surface area contributed by atoms with Gasteiger partial charge in [-0.1, -0.05) is 24.3 Å². The van der Waals surface area contributed by atoms with Crippen molar-refractivity contribution in [3.8, 4) is 11.3 Å². The van der Waals surface area contributed by atoms with Crippen LogP contribution in [-0.2, 0) is 13.0 Å². The second-order valence-corrected chi connectivity index (χ2v) is 6.53. The topological polar surface area (TPSA) is 30.7 Å². The van der Waals surface area contributed by atoms with E-state index in [9.17, 15) is 8.78 Å². The number of fused-ring (bicyclic) bond motifs is 1. The molecule has 0 saturated heterocycles. The van der Waals surface area contributed by atoms with E-state index in [4.69, 9.17) is 0 Å². The Bertz CT molecular complexity index is 1130. The van der Waals surface area contributed by atoms with Crippen molar-refractivity contribution < 1.29 is 8.78 Å². The fourth-order valence-corrected chi connectivity index (χ4v) is 3.44. The van der Waals surface area contributed by atoms with Crippen LogP contribution in [0.2, 0.25) is 0 Å². The number of nitrogens with zero attached hydrogens (tertiary/aromatic N) is 3. The number of benzene rings is 2. The summed E-state index contributed by atoms with van der Waals surface area (Å²) in [5.41, 5.74) is 5.08. The molecule has 0 fully saturated rings. The quantitative estimate of drug-likeness (QED) is 0.493. The molecule has 0 aliphatic heterocycles.